The summed E-state index contributed by atoms with van der Waals surface area (Å²) in [6.45, 7) is 6.90. The van der Waals surface area contributed by atoms with E-state index in [9.17, 15) is 9.90 Å². The molecule has 4 heterocycles. The molecule has 10 heteroatoms. The summed E-state index contributed by atoms with van der Waals surface area (Å²) in [5.41, 5.74) is 10.2. The van der Waals surface area contributed by atoms with Crippen LogP contribution in [0.4, 0.5) is 10.6 Å². The van der Waals surface area contributed by atoms with Crippen LogP contribution in [-0.4, -0.2) is 52.7 Å². The van der Waals surface area contributed by atoms with Crippen molar-refractivity contribution in [2.75, 3.05) is 12.3 Å². The van der Waals surface area contributed by atoms with Crippen molar-refractivity contribution >= 4 is 33.6 Å². The van der Waals surface area contributed by atoms with Crippen molar-refractivity contribution in [3.63, 3.8) is 0 Å². The van der Waals surface area contributed by atoms with Gasteiger partial charge in [-0.05, 0) is 63.4 Å². The molecule has 10 nitrogen and oxygen atoms in total. The van der Waals surface area contributed by atoms with Gasteiger partial charge in [0.2, 0.25) is 0 Å². The highest BCUT2D eigenvalue weighted by Crippen LogP contribution is 2.37. The lowest BCUT2D eigenvalue weighted by molar-refractivity contribution is 0.0995. The fourth-order valence-corrected chi connectivity index (χ4v) is 5.72. The van der Waals surface area contributed by atoms with E-state index in [1.54, 1.807) is 37.3 Å². The second-order valence-corrected chi connectivity index (χ2v) is 12.5. The maximum absolute atomic E-state index is 11.8. The maximum atomic E-state index is 11.8. The molecule has 0 fully saturated rings. The van der Waals surface area contributed by atoms with Gasteiger partial charge in [0, 0.05) is 88.9 Å². The van der Waals surface area contributed by atoms with Crippen molar-refractivity contribution in [1.29, 1.82) is 0 Å². The van der Waals surface area contributed by atoms with Crippen molar-refractivity contribution in [2.24, 2.45) is 0 Å². The second-order valence-electron chi connectivity index (χ2n) is 12.5. The number of ether oxygens (including phenoxy) is 1. The minimum absolute atomic E-state index is 0.397. The van der Waals surface area contributed by atoms with Gasteiger partial charge < -0.3 is 25.0 Å². The Morgan fingerprint density at radius 3 is 2.67 bits per heavy atom. The van der Waals surface area contributed by atoms with Gasteiger partial charge in [0.25, 0.3) is 0 Å². The van der Waals surface area contributed by atoms with Crippen molar-refractivity contribution in [3.8, 4) is 34.5 Å². The molecule has 0 saturated carbocycles. The smallest absolute Gasteiger partial charge is 0.407 e. The van der Waals surface area contributed by atoms with Gasteiger partial charge in [-0.25, -0.2) is 14.8 Å². The summed E-state index contributed by atoms with van der Waals surface area (Å²) < 4.78 is 8.39. The number of para-hydroxylation sites is 1. The van der Waals surface area contributed by atoms with Gasteiger partial charge in [0.15, 0.2) is 0 Å². The predicted octanol–water partition coefficient (Wildman–Crippen LogP) is 7.57. The number of carboxylic acid groups (broad SMARTS) is 1. The zero-order valence-corrected chi connectivity index (χ0v) is 27.2. The number of anilines is 1. The molecule has 1 amide bonds. The van der Waals surface area contributed by atoms with E-state index in [2.05, 4.69) is 26.8 Å². The Morgan fingerprint density at radius 2 is 1.88 bits per heavy atom. The summed E-state index contributed by atoms with van der Waals surface area (Å²) in [5, 5.41) is 12.3. The second kappa shape index (κ2) is 13.8. The standard InChI is InChI=1S/C38H37N7O3/c1-38(2,3)45(37(46)47)17-8-11-27-10-4-5-12-34(27)48-29-20-28(21-41-22-29)31-23-43-36(39)32-24-42-33-19-26(13-14-30(33)35(31)32)9-6-7-16-44-18-15-40-25-44/h4-5,10,12-15,18-25H,7-8,11,16-17H2,1-3H3,(H2,39,43)(H,46,47). The van der Waals surface area contributed by atoms with Crippen molar-refractivity contribution in [2.45, 2.75) is 52.1 Å². The van der Waals surface area contributed by atoms with E-state index in [0.717, 1.165) is 50.5 Å². The van der Waals surface area contributed by atoms with Crippen LogP contribution >= 0.6 is 0 Å². The van der Waals surface area contributed by atoms with E-state index in [0.29, 0.717) is 43.1 Å². The number of hydrogen-bond acceptors (Lipinski definition) is 7. The highest BCUT2D eigenvalue weighted by molar-refractivity contribution is 6.15. The topological polar surface area (TPSA) is 132 Å². The number of aryl methyl sites for hydroxylation is 2. The van der Waals surface area contributed by atoms with Crippen LogP contribution in [0, 0.1) is 11.8 Å². The van der Waals surface area contributed by atoms with Crippen LogP contribution in [0.15, 0.2) is 92.0 Å². The predicted molar refractivity (Wildman–Crippen MR) is 188 cm³/mol. The van der Waals surface area contributed by atoms with Crippen LogP contribution < -0.4 is 10.5 Å². The summed E-state index contributed by atoms with van der Waals surface area (Å²) in [6, 6.07) is 15.8. The molecular weight excluding hydrogens is 602 g/mol. The summed E-state index contributed by atoms with van der Waals surface area (Å²) in [4.78, 5) is 31.0. The number of hydrogen-bond donors (Lipinski definition) is 2. The van der Waals surface area contributed by atoms with Crippen LogP contribution in [0.25, 0.3) is 32.8 Å². The molecule has 0 radical (unpaired) electrons. The minimum atomic E-state index is -0.922. The number of nitrogen functional groups attached to an aromatic ring is 1. The molecule has 0 bridgehead atoms. The zero-order chi connectivity index (χ0) is 33.7. The third-order valence-corrected chi connectivity index (χ3v) is 8.13. The highest BCUT2D eigenvalue weighted by Gasteiger charge is 2.25. The number of nitrogens with zero attached hydrogens (tertiary/aromatic N) is 6. The summed E-state index contributed by atoms with van der Waals surface area (Å²) in [5.74, 6) is 8.16. The first kappa shape index (κ1) is 32.0. The van der Waals surface area contributed by atoms with Crippen LogP contribution in [0.5, 0.6) is 11.5 Å². The normalized spacial score (nSPS) is 11.3. The number of aromatic nitrogens is 5. The highest BCUT2D eigenvalue weighted by atomic mass is 16.5. The average Bonchev–Trinajstić information content (AvgIpc) is 3.59. The molecule has 242 valence electrons. The number of nitrogens with two attached hydrogens (primary N) is 1. The Balaban J connectivity index is 1.26. The monoisotopic (exact) mass is 639 g/mol. The molecule has 2 aromatic carbocycles. The molecule has 3 N–H and O–H groups in total. The number of fused-ring (bicyclic) bond motifs is 3. The number of rotatable bonds is 9. The number of amides is 1. The van der Waals surface area contributed by atoms with E-state index < -0.39 is 11.6 Å². The molecule has 6 aromatic rings. The Hall–Kier alpha value is -5.95. The zero-order valence-electron chi connectivity index (χ0n) is 27.2. The third kappa shape index (κ3) is 7.21. The van der Waals surface area contributed by atoms with Crippen LogP contribution in [0.3, 0.4) is 0 Å². The van der Waals surface area contributed by atoms with E-state index in [4.69, 9.17) is 15.5 Å². The van der Waals surface area contributed by atoms with Gasteiger partial charge >= 0.3 is 6.09 Å². The van der Waals surface area contributed by atoms with Crippen LogP contribution in [0.2, 0.25) is 0 Å². The molecule has 0 unspecified atom stereocenters. The molecule has 0 saturated heterocycles. The first-order valence-corrected chi connectivity index (χ1v) is 15.8. The van der Waals surface area contributed by atoms with E-state index in [-0.39, 0.29) is 0 Å². The Morgan fingerprint density at radius 1 is 1.02 bits per heavy atom. The van der Waals surface area contributed by atoms with Crippen molar-refractivity contribution < 1.29 is 14.6 Å². The first-order chi connectivity index (χ1) is 23.2. The number of pyridine rings is 3. The SMILES string of the molecule is CC(C)(C)N(CCCc1ccccc1Oc1cncc(-c2cnc(N)c3cnc4cc(C#CCCn5ccnc5)ccc4c23)c1)C(=O)O. The molecule has 0 spiro atoms. The lowest BCUT2D eigenvalue weighted by atomic mass is 9.98. The number of benzene rings is 2. The van der Waals surface area contributed by atoms with Crippen molar-refractivity contribution in [1.82, 2.24) is 29.4 Å². The summed E-state index contributed by atoms with van der Waals surface area (Å²) >= 11 is 0. The molecular formula is C38H37N7O3. The molecule has 48 heavy (non-hydrogen) atoms. The average molecular weight is 640 g/mol. The molecule has 6 rings (SSSR count). The van der Waals surface area contributed by atoms with Gasteiger partial charge in [-0.2, -0.15) is 0 Å². The van der Waals surface area contributed by atoms with Gasteiger partial charge in [0.1, 0.15) is 17.3 Å². The van der Waals surface area contributed by atoms with Crippen LogP contribution in [-0.2, 0) is 13.0 Å². The molecule has 0 aliphatic carbocycles. The summed E-state index contributed by atoms with van der Waals surface area (Å²) in [6.07, 6.45) is 13.6. The van der Waals surface area contributed by atoms with E-state index >= 15 is 0 Å². The fraction of sp³-hybridized carbons (Fsp3) is 0.237. The first-order valence-electron chi connectivity index (χ1n) is 15.8. The van der Waals surface area contributed by atoms with Gasteiger partial charge in [-0.3, -0.25) is 9.97 Å². The van der Waals surface area contributed by atoms with E-state index in [1.807, 2.05) is 80.1 Å². The number of imidazole rings is 1. The minimum Gasteiger partial charge on any atom is -0.465 e. The Labute approximate surface area is 279 Å². The molecule has 0 aliphatic heterocycles. The summed E-state index contributed by atoms with van der Waals surface area (Å²) in [7, 11) is 0. The van der Waals surface area contributed by atoms with Gasteiger partial charge in [-0.15, -0.1) is 0 Å². The molecule has 4 aromatic heterocycles. The van der Waals surface area contributed by atoms with Crippen molar-refractivity contribution in [3.05, 3.63) is 103 Å². The fourth-order valence-electron chi connectivity index (χ4n) is 5.72. The van der Waals surface area contributed by atoms with Gasteiger partial charge in [0.05, 0.1) is 18.0 Å². The quantitative estimate of drug-likeness (QED) is 0.122. The third-order valence-electron chi connectivity index (χ3n) is 8.13. The Kier molecular flexibility index (Phi) is 9.21. The van der Waals surface area contributed by atoms with Crippen LogP contribution in [0.1, 0.15) is 44.7 Å². The Bertz CT molecular complexity index is 2140. The van der Waals surface area contributed by atoms with E-state index in [1.165, 1.54) is 4.90 Å². The largest absolute Gasteiger partial charge is 0.465 e. The van der Waals surface area contributed by atoms with Gasteiger partial charge in [-0.1, -0.05) is 36.1 Å². The maximum Gasteiger partial charge on any atom is 0.407 e. The lowest BCUT2D eigenvalue weighted by Crippen LogP contribution is -2.45. The molecule has 0 aliphatic rings. The number of carbonyl (C=O) groups is 1. The lowest BCUT2D eigenvalue weighted by Gasteiger charge is -2.33. The molecule has 0 atom stereocenters.